The van der Waals surface area contributed by atoms with Gasteiger partial charge in [-0.15, -0.1) is 0 Å². The molecule has 14 heavy (non-hydrogen) atoms. The van der Waals surface area contributed by atoms with Crippen LogP contribution in [0, 0.1) is 5.92 Å². The predicted molar refractivity (Wildman–Crippen MR) is 53.8 cm³/mol. The zero-order chi connectivity index (χ0) is 10.9. The largest absolute Gasteiger partial charge is 0.337 e. The van der Waals surface area contributed by atoms with Crippen LogP contribution in [-0.4, -0.2) is 28.9 Å². The van der Waals surface area contributed by atoms with Crippen molar-refractivity contribution in [2.24, 2.45) is 5.92 Å². The Hall–Kier alpha value is -1.06. The minimum absolute atomic E-state index is 0.0521. The quantitative estimate of drug-likeness (QED) is 0.691. The van der Waals surface area contributed by atoms with E-state index < -0.39 is 5.54 Å². The van der Waals surface area contributed by atoms with E-state index in [1.54, 1.807) is 0 Å². The molecule has 1 aliphatic heterocycles. The molecule has 0 aromatic carbocycles. The van der Waals surface area contributed by atoms with Gasteiger partial charge in [0.15, 0.2) is 0 Å². The van der Waals surface area contributed by atoms with Gasteiger partial charge in [0.05, 0.1) is 5.92 Å². The molecule has 3 amide bonds. The molecule has 1 heterocycles. The number of hydrogen-bond acceptors (Lipinski definition) is 2. The molecule has 0 aromatic heterocycles. The summed E-state index contributed by atoms with van der Waals surface area (Å²) in [4.78, 5) is 24.7. The maximum atomic E-state index is 11.9. The van der Waals surface area contributed by atoms with Gasteiger partial charge in [0.2, 0.25) is 5.91 Å². The zero-order valence-electron chi connectivity index (χ0n) is 9.26. The Morgan fingerprint density at radius 2 is 2.00 bits per heavy atom. The van der Waals surface area contributed by atoms with Crippen LogP contribution in [-0.2, 0) is 4.79 Å². The van der Waals surface area contributed by atoms with E-state index in [4.69, 9.17) is 0 Å². The average Bonchev–Trinajstić information content (AvgIpc) is 2.02. The summed E-state index contributed by atoms with van der Waals surface area (Å²) in [5, 5.41) is 2.74. The van der Waals surface area contributed by atoms with Gasteiger partial charge in [-0.05, 0) is 27.2 Å². The monoisotopic (exact) mass is 198 g/mol. The van der Waals surface area contributed by atoms with Gasteiger partial charge in [0.25, 0.3) is 0 Å². The molecule has 0 spiro atoms. The van der Waals surface area contributed by atoms with Crippen molar-refractivity contribution in [1.29, 1.82) is 0 Å². The first kappa shape index (κ1) is 11.0. The molecule has 4 heteroatoms. The normalized spacial score (nSPS) is 23.7. The molecule has 1 atom stereocenters. The SMILES string of the molecule is CCC1CNC(=O)N(C(C)(C)C)C1=O. The predicted octanol–water partition coefficient (Wildman–Crippen LogP) is 1.36. The molecule has 1 aliphatic rings. The van der Waals surface area contributed by atoms with Crippen LogP contribution in [0.25, 0.3) is 0 Å². The van der Waals surface area contributed by atoms with E-state index in [0.29, 0.717) is 6.54 Å². The van der Waals surface area contributed by atoms with Gasteiger partial charge in [0, 0.05) is 12.1 Å². The molecule has 0 bridgehead atoms. The van der Waals surface area contributed by atoms with E-state index in [0.717, 1.165) is 6.42 Å². The Kier molecular flexibility index (Phi) is 2.83. The van der Waals surface area contributed by atoms with Gasteiger partial charge < -0.3 is 5.32 Å². The minimum Gasteiger partial charge on any atom is -0.337 e. The Morgan fingerprint density at radius 1 is 1.43 bits per heavy atom. The summed E-state index contributed by atoms with van der Waals surface area (Å²) in [7, 11) is 0. The van der Waals surface area contributed by atoms with Crippen molar-refractivity contribution in [2.75, 3.05) is 6.54 Å². The lowest BCUT2D eigenvalue weighted by Crippen LogP contribution is -2.61. The van der Waals surface area contributed by atoms with Crippen LogP contribution in [0.2, 0.25) is 0 Å². The fourth-order valence-electron chi connectivity index (χ4n) is 1.61. The van der Waals surface area contributed by atoms with Crippen LogP contribution >= 0.6 is 0 Å². The number of imide groups is 1. The van der Waals surface area contributed by atoms with Crippen LogP contribution in [0.1, 0.15) is 34.1 Å². The molecular weight excluding hydrogens is 180 g/mol. The summed E-state index contributed by atoms with van der Waals surface area (Å²) in [5.74, 6) is -0.115. The topological polar surface area (TPSA) is 49.4 Å². The fraction of sp³-hybridized carbons (Fsp3) is 0.800. The van der Waals surface area contributed by atoms with Gasteiger partial charge >= 0.3 is 6.03 Å². The molecule has 1 fully saturated rings. The highest BCUT2D eigenvalue weighted by molar-refractivity contribution is 5.98. The molecule has 1 N–H and O–H groups in total. The van der Waals surface area contributed by atoms with Gasteiger partial charge in [0.1, 0.15) is 0 Å². The van der Waals surface area contributed by atoms with Crippen molar-refractivity contribution in [2.45, 2.75) is 39.7 Å². The summed E-state index contributed by atoms with van der Waals surface area (Å²) in [6.45, 7) is 8.02. The third-order valence-electron chi connectivity index (χ3n) is 2.44. The molecule has 0 radical (unpaired) electrons. The second kappa shape index (κ2) is 3.59. The van der Waals surface area contributed by atoms with E-state index in [9.17, 15) is 9.59 Å². The first-order chi connectivity index (χ1) is 6.38. The first-order valence-electron chi connectivity index (χ1n) is 4.99. The molecule has 0 aliphatic carbocycles. The number of nitrogens with zero attached hydrogens (tertiary/aromatic N) is 1. The lowest BCUT2D eigenvalue weighted by Gasteiger charge is -2.39. The molecule has 1 rings (SSSR count). The molecule has 80 valence electrons. The average molecular weight is 198 g/mol. The van der Waals surface area contributed by atoms with E-state index in [2.05, 4.69) is 5.32 Å². The number of amides is 3. The summed E-state index contributed by atoms with van der Waals surface area (Å²) >= 11 is 0. The molecule has 0 aromatic rings. The zero-order valence-corrected chi connectivity index (χ0v) is 9.26. The summed E-state index contributed by atoms with van der Waals surface area (Å²) < 4.78 is 0. The molecular formula is C10H18N2O2. The Balaban J connectivity index is 2.90. The second-order valence-corrected chi connectivity index (χ2v) is 4.64. The van der Waals surface area contributed by atoms with E-state index in [1.165, 1.54) is 4.90 Å². The van der Waals surface area contributed by atoms with Crippen molar-refractivity contribution in [3.05, 3.63) is 0 Å². The van der Waals surface area contributed by atoms with Crippen molar-refractivity contribution in [3.63, 3.8) is 0 Å². The highest BCUT2D eigenvalue weighted by atomic mass is 16.2. The number of rotatable bonds is 1. The second-order valence-electron chi connectivity index (χ2n) is 4.64. The van der Waals surface area contributed by atoms with Crippen LogP contribution in [0.4, 0.5) is 4.79 Å². The van der Waals surface area contributed by atoms with Crippen LogP contribution in [0.3, 0.4) is 0 Å². The summed E-state index contributed by atoms with van der Waals surface area (Å²) in [5.41, 5.74) is -0.436. The molecule has 4 nitrogen and oxygen atoms in total. The highest BCUT2D eigenvalue weighted by Gasteiger charge is 2.39. The Labute approximate surface area is 84.7 Å². The van der Waals surface area contributed by atoms with E-state index in [1.807, 2.05) is 27.7 Å². The highest BCUT2D eigenvalue weighted by Crippen LogP contribution is 2.21. The van der Waals surface area contributed by atoms with Gasteiger partial charge in [-0.2, -0.15) is 0 Å². The van der Waals surface area contributed by atoms with Crippen LogP contribution < -0.4 is 5.32 Å². The number of nitrogens with one attached hydrogen (secondary N) is 1. The number of hydrogen-bond donors (Lipinski definition) is 1. The molecule has 0 saturated carbocycles. The molecule has 1 saturated heterocycles. The first-order valence-corrected chi connectivity index (χ1v) is 4.99. The summed E-state index contributed by atoms with van der Waals surface area (Å²) in [6, 6.07) is -0.271. The van der Waals surface area contributed by atoms with Gasteiger partial charge in [-0.25, -0.2) is 4.79 Å². The lowest BCUT2D eigenvalue weighted by molar-refractivity contribution is -0.137. The smallest absolute Gasteiger partial charge is 0.324 e. The molecule has 1 unspecified atom stereocenters. The third kappa shape index (κ3) is 1.89. The van der Waals surface area contributed by atoms with Crippen molar-refractivity contribution in [3.8, 4) is 0 Å². The number of carbonyl (C=O) groups is 2. The van der Waals surface area contributed by atoms with Crippen LogP contribution in [0.15, 0.2) is 0 Å². The van der Waals surface area contributed by atoms with E-state index >= 15 is 0 Å². The Morgan fingerprint density at radius 3 is 2.43 bits per heavy atom. The standard InChI is InChI=1S/C10H18N2O2/c1-5-7-6-11-9(14)12(8(7)13)10(2,3)4/h7H,5-6H2,1-4H3,(H,11,14). The minimum atomic E-state index is -0.436. The van der Waals surface area contributed by atoms with Crippen molar-refractivity contribution in [1.82, 2.24) is 10.2 Å². The maximum absolute atomic E-state index is 11.9. The Bertz CT molecular complexity index is 255. The number of carbonyl (C=O) groups excluding carboxylic acids is 2. The third-order valence-corrected chi connectivity index (χ3v) is 2.44. The van der Waals surface area contributed by atoms with Gasteiger partial charge in [-0.3, -0.25) is 9.69 Å². The van der Waals surface area contributed by atoms with Crippen molar-refractivity contribution >= 4 is 11.9 Å². The number of urea groups is 1. The lowest BCUT2D eigenvalue weighted by atomic mass is 9.98. The van der Waals surface area contributed by atoms with E-state index in [-0.39, 0.29) is 17.9 Å². The summed E-state index contributed by atoms with van der Waals surface area (Å²) in [6.07, 6.45) is 0.770. The fourth-order valence-corrected chi connectivity index (χ4v) is 1.61. The van der Waals surface area contributed by atoms with Gasteiger partial charge in [-0.1, -0.05) is 6.92 Å². The maximum Gasteiger partial charge on any atom is 0.324 e. The van der Waals surface area contributed by atoms with Crippen LogP contribution in [0.5, 0.6) is 0 Å². The van der Waals surface area contributed by atoms with Crippen molar-refractivity contribution < 1.29 is 9.59 Å².